The first-order valence-corrected chi connectivity index (χ1v) is 12.5. The van der Waals surface area contributed by atoms with E-state index < -0.39 is 17.9 Å². The Morgan fingerprint density at radius 2 is 1.59 bits per heavy atom. The number of benzene rings is 1. The van der Waals surface area contributed by atoms with Crippen LogP contribution in [-0.2, 0) is 23.8 Å². The lowest BCUT2D eigenvalue weighted by Gasteiger charge is -2.31. The third-order valence-corrected chi connectivity index (χ3v) is 6.38. The van der Waals surface area contributed by atoms with Crippen molar-refractivity contribution in [2.75, 3.05) is 6.79 Å². The van der Waals surface area contributed by atoms with Crippen LogP contribution in [0.15, 0.2) is 40.7 Å². The molecule has 1 atom stereocenters. The van der Waals surface area contributed by atoms with E-state index in [2.05, 4.69) is 19.2 Å². The van der Waals surface area contributed by atoms with Gasteiger partial charge in [0.25, 0.3) is 0 Å². The van der Waals surface area contributed by atoms with Crippen LogP contribution in [0.4, 0.5) is 0 Å². The van der Waals surface area contributed by atoms with Crippen LogP contribution in [0.2, 0.25) is 10.0 Å². The summed E-state index contributed by atoms with van der Waals surface area (Å²) in [7, 11) is 0. The first kappa shape index (κ1) is 28.2. The molecular formula is C26H35Cl2NO5. The van der Waals surface area contributed by atoms with Gasteiger partial charge in [0.15, 0.2) is 6.79 Å². The fourth-order valence-electron chi connectivity index (χ4n) is 4.08. The molecule has 1 aliphatic rings. The van der Waals surface area contributed by atoms with E-state index in [1.54, 1.807) is 45.9 Å². The predicted octanol–water partition coefficient (Wildman–Crippen LogP) is 6.67. The molecule has 8 heteroatoms. The summed E-state index contributed by atoms with van der Waals surface area (Å²) >= 11 is 12.8. The summed E-state index contributed by atoms with van der Waals surface area (Å²) < 4.78 is 16.8. The lowest BCUT2D eigenvalue weighted by atomic mass is 9.80. The molecule has 6 nitrogen and oxygen atoms in total. The average Bonchev–Trinajstić information content (AvgIpc) is 2.74. The molecule has 1 aromatic carbocycles. The normalized spacial score (nSPS) is 16.2. The average molecular weight is 512 g/mol. The second kappa shape index (κ2) is 13.2. The number of carbonyl (C=O) groups is 2. The van der Waals surface area contributed by atoms with Gasteiger partial charge < -0.3 is 19.5 Å². The fourth-order valence-corrected chi connectivity index (χ4v) is 4.50. The molecule has 1 aromatic rings. The topological polar surface area (TPSA) is 73.9 Å². The molecule has 0 saturated carbocycles. The van der Waals surface area contributed by atoms with Crippen LogP contribution in [0, 0.1) is 0 Å². The van der Waals surface area contributed by atoms with Gasteiger partial charge in [0.2, 0.25) is 0 Å². The van der Waals surface area contributed by atoms with E-state index in [0.29, 0.717) is 22.0 Å². The van der Waals surface area contributed by atoms with Gasteiger partial charge in [-0.25, -0.2) is 9.59 Å². The van der Waals surface area contributed by atoms with E-state index >= 15 is 0 Å². The van der Waals surface area contributed by atoms with Crippen LogP contribution >= 0.6 is 23.2 Å². The first-order chi connectivity index (χ1) is 16.1. The molecule has 0 aromatic heterocycles. The van der Waals surface area contributed by atoms with Gasteiger partial charge in [0.05, 0.1) is 39.3 Å². The van der Waals surface area contributed by atoms with Gasteiger partial charge >= 0.3 is 11.9 Å². The number of carbonyl (C=O) groups excluding carboxylic acids is 2. The quantitative estimate of drug-likeness (QED) is 0.264. The Bertz CT molecular complexity index is 949. The third kappa shape index (κ3) is 7.00. The van der Waals surface area contributed by atoms with Crippen molar-refractivity contribution in [3.8, 4) is 0 Å². The number of halogens is 2. The zero-order chi connectivity index (χ0) is 25.4. The Morgan fingerprint density at radius 3 is 2.15 bits per heavy atom. The number of rotatable bonds is 11. The predicted molar refractivity (Wildman–Crippen MR) is 135 cm³/mol. The molecule has 34 heavy (non-hydrogen) atoms. The van der Waals surface area contributed by atoms with Crippen LogP contribution < -0.4 is 5.32 Å². The second-order valence-corrected chi connectivity index (χ2v) is 9.43. The molecule has 2 rings (SSSR count). The molecular weight excluding hydrogens is 477 g/mol. The lowest BCUT2D eigenvalue weighted by Crippen LogP contribution is -2.33. The summed E-state index contributed by atoms with van der Waals surface area (Å²) in [5.74, 6) is -1.95. The Morgan fingerprint density at radius 1 is 1.00 bits per heavy atom. The summed E-state index contributed by atoms with van der Waals surface area (Å²) in [6.45, 7) is 11.1. The van der Waals surface area contributed by atoms with Crippen molar-refractivity contribution in [1.29, 1.82) is 0 Å². The highest BCUT2D eigenvalue weighted by Crippen LogP contribution is 2.43. The summed E-state index contributed by atoms with van der Waals surface area (Å²) in [5, 5.41) is 3.71. The van der Waals surface area contributed by atoms with Gasteiger partial charge in [0, 0.05) is 11.4 Å². The molecule has 1 heterocycles. The largest absolute Gasteiger partial charge is 0.460 e. The van der Waals surface area contributed by atoms with Gasteiger partial charge in [-0.05, 0) is 52.2 Å². The number of esters is 2. The molecule has 0 amide bonds. The van der Waals surface area contributed by atoms with E-state index in [1.807, 2.05) is 0 Å². The highest BCUT2D eigenvalue weighted by Gasteiger charge is 2.39. The fraction of sp³-hybridized carbons (Fsp3) is 0.538. The van der Waals surface area contributed by atoms with Crippen molar-refractivity contribution in [2.24, 2.45) is 0 Å². The summed E-state index contributed by atoms with van der Waals surface area (Å²) in [6.07, 6.45) is 3.43. The zero-order valence-corrected chi connectivity index (χ0v) is 22.3. The number of hydrogen-bond donors (Lipinski definition) is 1. The zero-order valence-electron chi connectivity index (χ0n) is 20.8. The van der Waals surface area contributed by atoms with Crippen molar-refractivity contribution in [3.63, 3.8) is 0 Å². The SMILES string of the molecule is CCCC(CCC)OCOC(=O)C1=C(C)NC(C)=C(C(=O)OC(C)C)C1c1cccc(Cl)c1Cl. The van der Waals surface area contributed by atoms with Gasteiger partial charge in [0.1, 0.15) is 0 Å². The maximum absolute atomic E-state index is 13.3. The second-order valence-electron chi connectivity index (χ2n) is 8.65. The molecule has 1 unspecified atom stereocenters. The maximum Gasteiger partial charge on any atom is 0.338 e. The van der Waals surface area contributed by atoms with Crippen molar-refractivity contribution in [1.82, 2.24) is 5.32 Å². The monoisotopic (exact) mass is 511 g/mol. The molecule has 0 spiro atoms. The first-order valence-electron chi connectivity index (χ1n) is 11.7. The molecule has 0 saturated heterocycles. The van der Waals surface area contributed by atoms with E-state index in [0.717, 1.165) is 25.7 Å². The molecule has 188 valence electrons. The van der Waals surface area contributed by atoms with Crippen LogP contribution in [0.3, 0.4) is 0 Å². The van der Waals surface area contributed by atoms with Crippen molar-refractivity contribution >= 4 is 35.1 Å². The minimum atomic E-state index is -0.812. The highest BCUT2D eigenvalue weighted by molar-refractivity contribution is 6.42. The number of nitrogens with one attached hydrogen (secondary N) is 1. The van der Waals surface area contributed by atoms with Gasteiger partial charge in [-0.3, -0.25) is 0 Å². The number of dihydropyridines is 1. The van der Waals surface area contributed by atoms with Gasteiger partial charge in [-0.2, -0.15) is 0 Å². The number of ether oxygens (including phenoxy) is 3. The standard InChI is InChI=1S/C26H35Cl2NO5/c1-7-10-18(11-8-2)32-14-33-25(30)21-16(5)29-17(6)22(26(31)34-15(3)4)23(21)19-12-9-13-20(27)24(19)28/h9,12-13,15,18,23,29H,7-8,10-11,14H2,1-6H3. The molecule has 1 aliphatic heterocycles. The Balaban J connectivity index is 2.43. The third-order valence-electron chi connectivity index (χ3n) is 5.55. The molecule has 0 aliphatic carbocycles. The Hall–Kier alpha value is -2.02. The molecule has 0 radical (unpaired) electrons. The summed E-state index contributed by atoms with van der Waals surface area (Å²) in [5.41, 5.74) is 2.20. The van der Waals surface area contributed by atoms with E-state index in [9.17, 15) is 9.59 Å². The lowest BCUT2D eigenvalue weighted by molar-refractivity contribution is -0.157. The minimum Gasteiger partial charge on any atom is -0.460 e. The summed E-state index contributed by atoms with van der Waals surface area (Å²) in [6, 6.07) is 5.13. The summed E-state index contributed by atoms with van der Waals surface area (Å²) in [4.78, 5) is 26.5. The molecule has 0 bridgehead atoms. The highest BCUT2D eigenvalue weighted by atomic mass is 35.5. The van der Waals surface area contributed by atoms with Crippen LogP contribution in [0.5, 0.6) is 0 Å². The number of allylic oxidation sites excluding steroid dienone is 2. The van der Waals surface area contributed by atoms with Crippen LogP contribution in [-0.4, -0.2) is 30.9 Å². The Kier molecular flexibility index (Phi) is 10.9. The maximum atomic E-state index is 13.3. The molecule has 1 N–H and O–H groups in total. The van der Waals surface area contributed by atoms with E-state index in [4.69, 9.17) is 37.4 Å². The van der Waals surface area contributed by atoms with Crippen LogP contribution in [0.1, 0.15) is 78.7 Å². The Labute approximate surface area is 212 Å². The van der Waals surface area contributed by atoms with E-state index in [-0.39, 0.29) is 35.2 Å². The van der Waals surface area contributed by atoms with Crippen LogP contribution in [0.25, 0.3) is 0 Å². The minimum absolute atomic E-state index is 0.0271. The number of hydrogen-bond acceptors (Lipinski definition) is 6. The van der Waals surface area contributed by atoms with Crippen molar-refractivity contribution < 1.29 is 23.8 Å². The smallest absolute Gasteiger partial charge is 0.338 e. The van der Waals surface area contributed by atoms with Gasteiger partial charge in [-0.15, -0.1) is 0 Å². The van der Waals surface area contributed by atoms with Crippen molar-refractivity contribution in [2.45, 2.75) is 85.4 Å². The van der Waals surface area contributed by atoms with Gasteiger partial charge in [-0.1, -0.05) is 62.0 Å². The molecule has 0 fully saturated rings. The van der Waals surface area contributed by atoms with E-state index in [1.165, 1.54) is 0 Å². The van der Waals surface area contributed by atoms with Crippen molar-refractivity contribution in [3.05, 3.63) is 56.3 Å².